The number of halogens is 1. The number of nitrogens with zero attached hydrogens (tertiary/aromatic N) is 1. The molecule has 246 valence electrons. The lowest BCUT2D eigenvalue weighted by atomic mass is 9.95. The van der Waals surface area contributed by atoms with E-state index in [1.165, 1.54) is 18.2 Å². The average molecular weight is 704 g/mol. The van der Waals surface area contributed by atoms with Crippen LogP contribution in [0.2, 0.25) is 0 Å². The number of anilines is 1. The lowest BCUT2D eigenvalue weighted by Gasteiger charge is -2.27. The van der Waals surface area contributed by atoms with E-state index in [2.05, 4.69) is 37.6 Å². The number of H-pyrrole nitrogens is 1. The number of carbonyl (C=O) groups excluding carboxylic acids is 2. The molecule has 1 aliphatic carbocycles. The number of para-hydroxylation sites is 1. The number of fused-ring (bicyclic) bond motifs is 6. The Morgan fingerprint density at radius 2 is 1.85 bits per heavy atom. The van der Waals surface area contributed by atoms with Crippen molar-refractivity contribution in [2.24, 2.45) is 0 Å². The predicted octanol–water partition coefficient (Wildman–Crippen LogP) is 5.88. The highest BCUT2D eigenvalue weighted by Gasteiger charge is 2.30. The second-order valence-electron chi connectivity index (χ2n) is 11.9. The molecular formula is C36H39BrN4O6. The Hall–Kier alpha value is -4.51. The molecule has 2 heterocycles. The maximum Gasteiger partial charge on any atom is 0.222 e. The monoisotopic (exact) mass is 702 g/mol. The van der Waals surface area contributed by atoms with Crippen molar-refractivity contribution in [1.82, 2.24) is 15.2 Å². The zero-order chi connectivity index (χ0) is 33.2. The minimum absolute atomic E-state index is 0.0979. The number of carbonyl (C=O) groups is 2. The second-order valence-corrected chi connectivity index (χ2v) is 12.8. The van der Waals surface area contributed by atoms with Crippen LogP contribution in [-0.4, -0.2) is 56.1 Å². The molecule has 1 aliphatic heterocycles. The van der Waals surface area contributed by atoms with E-state index in [1.807, 2.05) is 29.2 Å². The third kappa shape index (κ3) is 6.28. The van der Waals surface area contributed by atoms with Gasteiger partial charge in [-0.25, -0.2) is 0 Å². The van der Waals surface area contributed by atoms with Crippen molar-refractivity contribution in [2.45, 2.75) is 51.6 Å². The van der Waals surface area contributed by atoms with E-state index in [0.29, 0.717) is 73.8 Å². The largest absolute Gasteiger partial charge is 0.493 e. The van der Waals surface area contributed by atoms with Gasteiger partial charge in [-0.3, -0.25) is 14.4 Å². The first-order valence-corrected chi connectivity index (χ1v) is 16.6. The highest BCUT2D eigenvalue weighted by Crippen LogP contribution is 2.50. The van der Waals surface area contributed by atoms with Gasteiger partial charge in [-0.2, -0.15) is 0 Å². The number of aryl methyl sites for hydroxylation is 1. The van der Waals surface area contributed by atoms with E-state index in [-0.39, 0.29) is 23.3 Å². The van der Waals surface area contributed by atoms with E-state index in [1.54, 1.807) is 33.5 Å². The van der Waals surface area contributed by atoms with Gasteiger partial charge in [0.25, 0.3) is 0 Å². The summed E-state index contributed by atoms with van der Waals surface area (Å²) in [7, 11) is 4.71. The molecular weight excluding hydrogens is 664 g/mol. The number of aromatic nitrogens is 1. The first-order valence-electron chi connectivity index (χ1n) is 15.8. The summed E-state index contributed by atoms with van der Waals surface area (Å²) in [5.74, 6) is 1.42. The van der Waals surface area contributed by atoms with E-state index >= 15 is 0 Å². The number of methoxy groups -OCH3 is 3. The number of hydrogen-bond acceptors (Lipinski definition) is 7. The van der Waals surface area contributed by atoms with Crippen molar-refractivity contribution in [1.29, 1.82) is 0 Å². The van der Waals surface area contributed by atoms with Crippen molar-refractivity contribution in [3.63, 3.8) is 0 Å². The third-order valence-corrected chi connectivity index (χ3v) is 9.77. The molecule has 0 saturated heterocycles. The van der Waals surface area contributed by atoms with Crippen LogP contribution in [0.5, 0.6) is 17.2 Å². The number of ether oxygens (including phenoxy) is 3. The summed E-state index contributed by atoms with van der Waals surface area (Å²) < 4.78 is 18.2. The zero-order valence-electron chi connectivity index (χ0n) is 27.1. The maximum absolute atomic E-state index is 13.6. The van der Waals surface area contributed by atoms with Crippen molar-refractivity contribution in [3.8, 4) is 28.4 Å². The Labute approximate surface area is 281 Å². The highest BCUT2D eigenvalue weighted by atomic mass is 79.9. The molecule has 3 aromatic carbocycles. The molecule has 1 atom stereocenters. The Balaban J connectivity index is 1.21. The van der Waals surface area contributed by atoms with Crippen LogP contribution in [0.25, 0.3) is 22.0 Å². The zero-order valence-corrected chi connectivity index (χ0v) is 28.6. The first kappa shape index (κ1) is 32.4. The van der Waals surface area contributed by atoms with Gasteiger partial charge in [0.1, 0.15) is 0 Å². The fourth-order valence-electron chi connectivity index (χ4n) is 6.89. The third-order valence-electron chi connectivity index (χ3n) is 9.11. The molecule has 2 aliphatic rings. The highest BCUT2D eigenvalue weighted by molar-refractivity contribution is 9.10. The van der Waals surface area contributed by atoms with Crippen molar-refractivity contribution in [2.75, 3.05) is 39.7 Å². The van der Waals surface area contributed by atoms with E-state index < -0.39 is 0 Å². The molecule has 47 heavy (non-hydrogen) atoms. The second kappa shape index (κ2) is 13.7. The molecule has 0 fully saturated rings. The molecule has 4 aromatic rings. The molecule has 2 amide bonds. The number of amides is 2. The van der Waals surface area contributed by atoms with E-state index in [4.69, 9.17) is 14.2 Å². The van der Waals surface area contributed by atoms with Gasteiger partial charge in [-0.05, 0) is 76.1 Å². The maximum atomic E-state index is 13.6. The molecule has 10 nitrogen and oxygen atoms in total. The number of rotatable bonds is 9. The predicted molar refractivity (Wildman–Crippen MR) is 186 cm³/mol. The van der Waals surface area contributed by atoms with E-state index in [0.717, 1.165) is 38.5 Å². The summed E-state index contributed by atoms with van der Waals surface area (Å²) in [4.78, 5) is 44.5. The Morgan fingerprint density at radius 3 is 2.60 bits per heavy atom. The van der Waals surface area contributed by atoms with Gasteiger partial charge < -0.3 is 34.7 Å². The SMILES string of the molecule is COc1cc2c(c(OC)c1OC)-c1ccc(NCCCC(=O)N3CCc4[nH]c5c(Br)cccc5c4C3)c(=O)cc1C(NC(C)=O)CC2. The molecule has 3 N–H and O–H groups in total. The molecule has 0 bridgehead atoms. The van der Waals surface area contributed by atoms with Gasteiger partial charge >= 0.3 is 0 Å². The summed E-state index contributed by atoms with van der Waals surface area (Å²) in [6, 6.07) is 12.9. The topological polar surface area (TPSA) is 122 Å². The summed E-state index contributed by atoms with van der Waals surface area (Å²) in [6.07, 6.45) is 2.94. The minimum Gasteiger partial charge on any atom is -0.493 e. The Kier molecular flexibility index (Phi) is 9.45. The van der Waals surface area contributed by atoms with Crippen LogP contribution in [0.1, 0.15) is 54.6 Å². The van der Waals surface area contributed by atoms with Crippen LogP contribution >= 0.6 is 15.9 Å². The van der Waals surface area contributed by atoms with Gasteiger partial charge in [0.2, 0.25) is 23.0 Å². The average Bonchev–Trinajstić information content (AvgIpc) is 3.29. The Bertz CT molecular complexity index is 1920. The number of benzene rings is 2. The van der Waals surface area contributed by atoms with Gasteiger partial charge in [-0.1, -0.05) is 18.2 Å². The van der Waals surface area contributed by atoms with Crippen molar-refractivity contribution < 1.29 is 23.8 Å². The summed E-state index contributed by atoms with van der Waals surface area (Å²) in [5, 5.41) is 7.44. The van der Waals surface area contributed by atoms with Crippen LogP contribution in [0.3, 0.4) is 0 Å². The molecule has 0 radical (unpaired) electrons. The van der Waals surface area contributed by atoms with Gasteiger partial charge in [0.05, 0.1) is 38.6 Å². The molecule has 0 saturated carbocycles. The van der Waals surface area contributed by atoms with E-state index in [9.17, 15) is 14.4 Å². The summed E-state index contributed by atoms with van der Waals surface area (Å²) >= 11 is 3.62. The molecule has 6 rings (SSSR count). The first-order chi connectivity index (χ1) is 22.7. The number of hydrogen-bond donors (Lipinski definition) is 3. The standard InChI is InChI=1S/C36H39BrN4O6/c1-20(42)39-27-12-10-21-17-31(45-2)35(46-3)36(47-4)33(21)22-11-13-29(30(43)18-24(22)27)38-15-6-9-32(44)41-16-14-28-25(19-41)23-7-5-8-26(37)34(23)40-28/h5,7-8,11,13,17-18,27,40H,6,9-10,12,14-16,19H2,1-4H3,(H,38,43)(H,39,42). The Morgan fingerprint density at radius 1 is 1.04 bits per heavy atom. The summed E-state index contributed by atoms with van der Waals surface area (Å²) in [5.41, 5.74) is 6.88. The quantitative estimate of drug-likeness (QED) is 0.186. The normalized spacial score (nSPS) is 15.2. The fourth-order valence-corrected chi connectivity index (χ4v) is 7.35. The summed E-state index contributed by atoms with van der Waals surface area (Å²) in [6.45, 7) is 3.18. The van der Waals surface area contributed by atoms with Crippen molar-refractivity contribution >= 4 is 44.3 Å². The van der Waals surface area contributed by atoms with Gasteiger partial charge in [0.15, 0.2) is 11.5 Å². The molecule has 11 heteroatoms. The number of nitrogens with one attached hydrogen (secondary N) is 3. The van der Waals surface area contributed by atoms with Gasteiger partial charge in [0, 0.05) is 66.1 Å². The smallest absolute Gasteiger partial charge is 0.222 e. The van der Waals surface area contributed by atoms with Crippen LogP contribution in [0.15, 0.2) is 51.7 Å². The molecule has 1 unspecified atom stereocenters. The fraction of sp³-hybridized carbons (Fsp3) is 0.361. The lowest BCUT2D eigenvalue weighted by Crippen LogP contribution is -2.35. The van der Waals surface area contributed by atoms with Crippen molar-refractivity contribution in [3.05, 3.63) is 79.5 Å². The van der Waals surface area contributed by atoms with Crippen LogP contribution in [0, 0.1) is 0 Å². The molecule has 0 spiro atoms. The van der Waals surface area contributed by atoms with Crippen LogP contribution in [0.4, 0.5) is 5.69 Å². The van der Waals surface area contributed by atoms with Crippen LogP contribution < -0.4 is 30.3 Å². The van der Waals surface area contributed by atoms with Gasteiger partial charge in [-0.15, -0.1) is 0 Å². The molecule has 1 aromatic heterocycles. The van der Waals surface area contributed by atoms with Crippen LogP contribution in [-0.2, 0) is 29.0 Å². The minimum atomic E-state index is -0.384. The lowest BCUT2D eigenvalue weighted by molar-refractivity contribution is -0.132. The number of aromatic amines is 1.